The van der Waals surface area contributed by atoms with Gasteiger partial charge in [-0.1, -0.05) is 73.7 Å². The molecule has 2 atom stereocenters. The van der Waals surface area contributed by atoms with Crippen LogP contribution < -0.4 is 4.90 Å². The number of hydrazone groups is 1. The van der Waals surface area contributed by atoms with Gasteiger partial charge in [0, 0.05) is 30.1 Å². The minimum absolute atomic E-state index is 0.0744. The predicted octanol–water partition coefficient (Wildman–Crippen LogP) is 4.67. The van der Waals surface area contributed by atoms with E-state index in [1.807, 2.05) is 48.5 Å². The van der Waals surface area contributed by atoms with Crippen LogP contribution in [0.25, 0.3) is 0 Å². The zero-order valence-corrected chi connectivity index (χ0v) is 16.6. The van der Waals surface area contributed by atoms with Gasteiger partial charge in [-0.05, 0) is 29.3 Å². The van der Waals surface area contributed by atoms with Gasteiger partial charge in [0.2, 0.25) is 0 Å². The number of benzene rings is 3. The molecule has 29 heavy (non-hydrogen) atoms. The second kappa shape index (κ2) is 6.59. The Kier molecular flexibility index (Phi) is 4.02. The molecule has 2 heterocycles. The zero-order valence-electron chi connectivity index (χ0n) is 16.6. The van der Waals surface area contributed by atoms with Crippen LogP contribution in [0.3, 0.4) is 0 Å². The van der Waals surface area contributed by atoms with Gasteiger partial charge < -0.3 is 4.90 Å². The zero-order chi connectivity index (χ0) is 20.0. The number of hydrogen-bond acceptors (Lipinski definition) is 3. The monoisotopic (exact) mass is 381 g/mol. The van der Waals surface area contributed by atoms with Crippen LogP contribution >= 0.6 is 0 Å². The molecule has 3 aromatic carbocycles. The molecule has 3 aromatic rings. The van der Waals surface area contributed by atoms with Crippen molar-refractivity contribution in [3.05, 3.63) is 102 Å². The van der Waals surface area contributed by atoms with Crippen LogP contribution in [0.15, 0.2) is 90.0 Å². The average molecular weight is 381 g/mol. The first-order valence-electron chi connectivity index (χ1n) is 9.93. The number of fused-ring (bicyclic) bond motifs is 3. The lowest BCUT2D eigenvalue weighted by Crippen LogP contribution is -2.57. The summed E-state index contributed by atoms with van der Waals surface area (Å²) in [5.74, 6) is -0.0744. The lowest BCUT2D eigenvalue weighted by molar-refractivity contribution is 0.0581. The Morgan fingerprint density at radius 3 is 2.28 bits per heavy atom. The summed E-state index contributed by atoms with van der Waals surface area (Å²) in [6, 6.07) is 28.0. The maximum absolute atomic E-state index is 13.6. The van der Waals surface area contributed by atoms with Crippen LogP contribution in [-0.2, 0) is 5.41 Å². The maximum atomic E-state index is 13.6. The Labute approximate surface area is 171 Å². The van der Waals surface area contributed by atoms with Crippen LogP contribution in [0.1, 0.15) is 34.8 Å². The summed E-state index contributed by atoms with van der Waals surface area (Å²) in [4.78, 5) is 15.7. The largest absolute Gasteiger partial charge is 0.352 e. The lowest BCUT2D eigenvalue weighted by Gasteiger charge is -2.44. The first-order chi connectivity index (χ1) is 14.1. The van der Waals surface area contributed by atoms with Gasteiger partial charge >= 0.3 is 0 Å². The number of carbonyl (C=O) groups is 1. The van der Waals surface area contributed by atoms with Gasteiger partial charge in [-0.2, -0.15) is 5.10 Å². The summed E-state index contributed by atoms with van der Waals surface area (Å²) < 4.78 is 0. The van der Waals surface area contributed by atoms with Crippen molar-refractivity contribution >= 4 is 17.3 Å². The van der Waals surface area contributed by atoms with E-state index in [-0.39, 0.29) is 17.5 Å². The van der Waals surface area contributed by atoms with Crippen LogP contribution in [0, 0.1) is 0 Å². The van der Waals surface area contributed by atoms with Gasteiger partial charge in [0.1, 0.15) is 6.17 Å². The quantitative estimate of drug-likeness (QED) is 0.647. The highest BCUT2D eigenvalue weighted by Gasteiger charge is 2.53. The smallest absolute Gasteiger partial charge is 0.275 e. The molecule has 144 valence electrons. The molecule has 0 fully saturated rings. The minimum atomic E-state index is -0.247. The summed E-state index contributed by atoms with van der Waals surface area (Å²) in [6.07, 6.45) is 0.613. The van der Waals surface area contributed by atoms with Crippen LogP contribution in [0.2, 0.25) is 0 Å². The second-order valence-corrected chi connectivity index (χ2v) is 8.02. The van der Waals surface area contributed by atoms with E-state index in [0.29, 0.717) is 5.56 Å². The van der Waals surface area contributed by atoms with E-state index in [4.69, 9.17) is 5.10 Å². The molecule has 4 nitrogen and oxygen atoms in total. The summed E-state index contributed by atoms with van der Waals surface area (Å²) >= 11 is 0. The van der Waals surface area contributed by atoms with Crippen LogP contribution in [-0.4, -0.2) is 29.8 Å². The number of likely N-dealkylation sites (N-methyl/N-ethyl adjacent to an activating group) is 1. The van der Waals surface area contributed by atoms with E-state index >= 15 is 0 Å². The number of amides is 1. The highest BCUT2D eigenvalue weighted by atomic mass is 16.2. The van der Waals surface area contributed by atoms with E-state index in [0.717, 1.165) is 23.4 Å². The van der Waals surface area contributed by atoms with E-state index < -0.39 is 0 Å². The number of hydrogen-bond donors (Lipinski definition) is 0. The summed E-state index contributed by atoms with van der Waals surface area (Å²) in [5.41, 5.74) is 4.83. The Hall–Kier alpha value is -3.40. The molecule has 4 heteroatoms. The first kappa shape index (κ1) is 17.7. The van der Waals surface area contributed by atoms with Gasteiger partial charge in [0.15, 0.2) is 0 Å². The molecular formula is C25H23N3O. The van der Waals surface area contributed by atoms with Crippen molar-refractivity contribution in [2.45, 2.75) is 24.9 Å². The standard InChI is InChI=1S/C25H23N3O/c1-25-17-21(18-11-5-3-6-12-18)26-28(23(29)19-13-7-4-8-14-19)24(25)27(2)22-16-10-9-15-20(22)25/h3-16,24H,17H2,1-2H3/t24?,25-/m1/s1. The fraction of sp³-hybridized carbons (Fsp3) is 0.200. The number of para-hydroxylation sites is 1. The molecule has 0 saturated carbocycles. The van der Waals surface area contributed by atoms with E-state index in [1.54, 1.807) is 5.01 Å². The van der Waals surface area contributed by atoms with Crippen LogP contribution in [0.4, 0.5) is 5.69 Å². The summed E-state index contributed by atoms with van der Waals surface area (Å²) in [7, 11) is 2.06. The van der Waals surface area contributed by atoms with Gasteiger partial charge in [0.05, 0.1) is 5.71 Å². The normalized spacial score (nSPS) is 22.7. The molecule has 2 aliphatic heterocycles. The van der Waals surface area contributed by atoms with Gasteiger partial charge in [-0.3, -0.25) is 4.79 Å². The molecule has 0 spiro atoms. The average Bonchev–Trinajstić information content (AvgIpc) is 3.01. The number of carbonyl (C=O) groups excluding carboxylic acids is 1. The predicted molar refractivity (Wildman–Crippen MR) is 116 cm³/mol. The Balaban J connectivity index is 1.68. The third-order valence-corrected chi connectivity index (χ3v) is 6.17. The first-order valence-corrected chi connectivity index (χ1v) is 9.93. The molecular weight excluding hydrogens is 358 g/mol. The van der Waals surface area contributed by atoms with Crippen molar-refractivity contribution in [3.8, 4) is 0 Å². The molecule has 2 aliphatic rings. The van der Waals surface area contributed by atoms with Crippen molar-refractivity contribution in [2.24, 2.45) is 5.10 Å². The van der Waals surface area contributed by atoms with Gasteiger partial charge in [-0.25, -0.2) is 5.01 Å². The summed E-state index contributed by atoms with van der Waals surface area (Å²) in [5, 5.41) is 6.60. The molecule has 0 bridgehead atoms. The number of anilines is 1. The highest BCUT2D eigenvalue weighted by molar-refractivity contribution is 6.04. The van der Waals surface area contributed by atoms with Crippen molar-refractivity contribution in [3.63, 3.8) is 0 Å². The SMILES string of the molecule is CN1c2ccccc2[C@@]2(C)CC(c3ccccc3)=NN(C(=O)c3ccccc3)C12. The van der Waals surface area contributed by atoms with E-state index in [1.165, 1.54) is 5.56 Å². The van der Waals surface area contributed by atoms with E-state index in [2.05, 4.69) is 55.3 Å². The molecule has 1 unspecified atom stereocenters. The fourth-order valence-corrected chi connectivity index (χ4v) is 4.81. The second-order valence-electron chi connectivity index (χ2n) is 8.02. The fourth-order valence-electron chi connectivity index (χ4n) is 4.81. The van der Waals surface area contributed by atoms with Crippen molar-refractivity contribution in [1.29, 1.82) is 0 Å². The molecule has 0 aromatic heterocycles. The van der Waals surface area contributed by atoms with Crippen molar-refractivity contribution in [1.82, 2.24) is 5.01 Å². The van der Waals surface area contributed by atoms with Crippen molar-refractivity contribution in [2.75, 3.05) is 11.9 Å². The van der Waals surface area contributed by atoms with Crippen LogP contribution in [0.5, 0.6) is 0 Å². The minimum Gasteiger partial charge on any atom is -0.352 e. The highest BCUT2D eigenvalue weighted by Crippen LogP contribution is 2.50. The number of rotatable bonds is 2. The topological polar surface area (TPSA) is 35.9 Å². The molecule has 0 N–H and O–H groups in total. The maximum Gasteiger partial charge on any atom is 0.275 e. The number of nitrogens with zero attached hydrogens (tertiary/aromatic N) is 3. The third-order valence-electron chi connectivity index (χ3n) is 6.17. The Morgan fingerprint density at radius 1 is 0.931 bits per heavy atom. The van der Waals surface area contributed by atoms with Gasteiger partial charge in [-0.15, -0.1) is 0 Å². The lowest BCUT2D eigenvalue weighted by atomic mass is 9.75. The third kappa shape index (κ3) is 2.67. The molecule has 0 saturated heterocycles. The Bertz CT molecular complexity index is 1090. The van der Waals surface area contributed by atoms with Gasteiger partial charge in [0.25, 0.3) is 5.91 Å². The van der Waals surface area contributed by atoms with E-state index in [9.17, 15) is 4.79 Å². The Morgan fingerprint density at radius 2 is 1.55 bits per heavy atom. The molecule has 0 aliphatic carbocycles. The molecule has 5 rings (SSSR count). The molecule has 1 amide bonds. The molecule has 0 radical (unpaired) electrons. The summed E-state index contributed by atoms with van der Waals surface area (Å²) in [6.45, 7) is 2.25. The van der Waals surface area contributed by atoms with Crippen molar-refractivity contribution < 1.29 is 4.79 Å².